The van der Waals surface area contributed by atoms with Crippen molar-refractivity contribution in [3.05, 3.63) is 36.0 Å². The molecule has 1 aliphatic heterocycles. The van der Waals surface area contributed by atoms with Gasteiger partial charge >= 0.3 is 6.18 Å². The molecule has 3 rings (SSSR count). The quantitative estimate of drug-likeness (QED) is 0.724. The Kier molecular flexibility index (Phi) is 6.13. The molecule has 0 atom stereocenters. The Morgan fingerprint density at radius 3 is 2.28 bits per heavy atom. The van der Waals surface area contributed by atoms with E-state index in [2.05, 4.69) is 9.97 Å². The molecule has 2 heterocycles. The van der Waals surface area contributed by atoms with Crippen LogP contribution in [0.4, 0.5) is 19.1 Å². The zero-order chi connectivity index (χ0) is 21.2. The topological polar surface area (TPSA) is 72.4 Å². The lowest BCUT2D eigenvalue weighted by atomic mass is 10.1. The van der Waals surface area contributed by atoms with Crippen LogP contribution in [0.5, 0.6) is 0 Å². The van der Waals surface area contributed by atoms with E-state index in [1.54, 1.807) is 4.90 Å². The average molecular weight is 429 g/mol. The zero-order valence-electron chi connectivity index (χ0n) is 16.1. The number of hydrogen-bond acceptors (Lipinski definition) is 6. The molecular formula is C19H22F3N3O3S. The van der Waals surface area contributed by atoms with E-state index in [9.17, 15) is 21.6 Å². The first-order chi connectivity index (χ1) is 13.6. The van der Waals surface area contributed by atoms with Gasteiger partial charge in [-0.1, -0.05) is 12.1 Å². The van der Waals surface area contributed by atoms with Crippen LogP contribution in [0.1, 0.15) is 25.5 Å². The third-order valence-corrected chi connectivity index (χ3v) is 5.94. The smallest absolute Gasteiger partial charge is 0.381 e. The van der Waals surface area contributed by atoms with Gasteiger partial charge < -0.3 is 9.64 Å². The third-order valence-electron chi connectivity index (χ3n) is 4.81. The van der Waals surface area contributed by atoms with E-state index in [0.717, 1.165) is 12.3 Å². The summed E-state index contributed by atoms with van der Waals surface area (Å²) in [6, 6.07) is 6.50. The second-order valence-electron chi connectivity index (χ2n) is 6.86. The lowest BCUT2D eigenvalue weighted by Crippen LogP contribution is -2.40. The van der Waals surface area contributed by atoms with Gasteiger partial charge in [0, 0.05) is 37.6 Å². The SMILES string of the molecule is CCN(c1nc(-c2ccc(S(C)(=O)=O)cc2)cc(C(F)(F)F)n1)C1CCOCC1. The third kappa shape index (κ3) is 5.05. The molecule has 0 aliphatic carbocycles. The summed E-state index contributed by atoms with van der Waals surface area (Å²) in [5.41, 5.74) is -0.558. The molecule has 0 bridgehead atoms. The number of halogens is 3. The van der Waals surface area contributed by atoms with Gasteiger partial charge in [-0.2, -0.15) is 13.2 Å². The number of sulfone groups is 1. The number of anilines is 1. The van der Waals surface area contributed by atoms with Crippen LogP contribution in [-0.4, -0.2) is 50.4 Å². The van der Waals surface area contributed by atoms with Crippen LogP contribution in [0.3, 0.4) is 0 Å². The summed E-state index contributed by atoms with van der Waals surface area (Å²) in [5, 5.41) is 0. The number of rotatable bonds is 5. The van der Waals surface area contributed by atoms with Gasteiger partial charge in [0.15, 0.2) is 15.5 Å². The minimum Gasteiger partial charge on any atom is -0.381 e. The highest BCUT2D eigenvalue weighted by Crippen LogP contribution is 2.33. The van der Waals surface area contributed by atoms with Crippen molar-refractivity contribution in [3.8, 4) is 11.3 Å². The molecule has 1 saturated heterocycles. The Morgan fingerprint density at radius 2 is 1.76 bits per heavy atom. The molecule has 2 aromatic rings. The summed E-state index contributed by atoms with van der Waals surface area (Å²) in [5.74, 6) is 0.0106. The summed E-state index contributed by atoms with van der Waals surface area (Å²) >= 11 is 0. The first kappa shape index (κ1) is 21.5. The molecule has 0 radical (unpaired) electrons. The fraction of sp³-hybridized carbons (Fsp3) is 0.474. The standard InChI is InChI=1S/C19H22F3N3O3S/c1-3-25(14-8-10-28-11-9-14)18-23-16(12-17(24-18)19(20,21)22)13-4-6-15(7-5-13)29(2,26)27/h4-7,12,14H,3,8-11H2,1-2H3. The Bertz CT molecular complexity index is 957. The van der Waals surface area contributed by atoms with Crippen molar-refractivity contribution >= 4 is 15.8 Å². The van der Waals surface area contributed by atoms with Crippen LogP contribution in [-0.2, 0) is 20.8 Å². The van der Waals surface area contributed by atoms with E-state index in [4.69, 9.17) is 4.74 Å². The molecular weight excluding hydrogens is 407 g/mol. The zero-order valence-corrected chi connectivity index (χ0v) is 16.9. The molecule has 10 heteroatoms. The molecule has 0 spiro atoms. The lowest BCUT2D eigenvalue weighted by Gasteiger charge is -2.34. The van der Waals surface area contributed by atoms with Gasteiger partial charge in [-0.15, -0.1) is 0 Å². The van der Waals surface area contributed by atoms with Gasteiger partial charge in [0.25, 0.3) is 0 Å². The minimum absolute atomic E-state index is 0.00214. The number of benzene rings is 1. The Balaban J connectivity index is 2.06. The van der Waals surface area contributed by atoms with Gasteiger partial charge in [-0.05, 0) is 38.0 Å². The fourth-order valence-electron chi connectivity index (χ4n) is 3.29. The molecule has 6 nitrogen and oxygen atoms in total. The van der Waals surface area contributed by atoms with Crippen LogP contribution in [0.15, 0.2) is 35.2 Å². The normalized spacial score (nSPS) is 16.0. The number of alkyl halides is 3. The van der Waals surface area contributed by atoms with E-state index < -0.39 is 21.7 Å². The molecule has 1 aromatic carbocycles. The van der Waals surface area contributed by atoms with Crippen molar-refractivity contribution in [2.24, 2.45) is 0 Å². The Labute approximate surface area is 167 Å². The molecule has 0 amide bonds. The summed E-state index contributed by atoms with van der Waals surface area (Å²) < 4.78 is 69.1. The van der Waals surface area contributed by atoms with E-state index in [-0.39, 0.29) is 22.6 Å². The van der Waals surface area contributed by atoms with Crippen LogP contribution < -0.4 is 4.90 Å². The van der Waals surface area contributed by atoms with Crippen molar-refractivity contribution in [2.45, 2.75) is 36.9 Å². The number of ether oxygens (including phenoxy) is 1. The van der Waals surface area contributed by atoms with E-state index >= 15 is 0 Å². The van der Waals surface area contributed by atoms with Crippen LogP contribution in [0.2, 0.25) is 0 Å². The molecule has 1 aromatic heterocycles. The van der Waals surface area contributed by atoms with Crippen LogP contribution in [0, 0.1) is 0 Å². The maximum absolute atomic E-state index is 13.5. The molecule has 0 unspecified atom stereocenters. The van der Waals surface area contributed by atoms with Crippen LogP contribution in [0.25, 0.3) is 11.3 Å². The summed E-state index contributed by atoms with van der Waals surface area (Å²) in [6.07, 6.45) is -2.19. The highest BCUT2D eigenvalue weighted by Gasteiger charge is 2.35. The Morgan fingerprint density at radius 1 is 1.14 bits per heavy atom. The van der Waals surface area contributed by atoms with Crippen molar-refractivity contribution in [2.75, 3.05) is 30.9 Å². The summed E-state index contributed by atoms with van der Waals surface area (Å²) in [6.45, 7) is 3.39. The molecule has 0 N–H and O–H groups in total. The molecule has 1 aliphatic rings. The molecule has 0 saturated carbocycles. The highest BCUT2D eigenvalue weighted by atomic mass is 32.2. The maximum atomic E-state index is 13.5. The number of aromatic nitrogens is 2. The first-order valence-electron chi connectivity index (χ1n) is 9.20. The van der Waals surface area contributed by atoms with Gasteiger partial charge in [0.2, 0.25) is 5.95 Å². The maximum Gasteiger partial charge on any atom is 0.433 e. The first-order valence-corrected chi connectivity index (χ1v) is 11.1. The van der Waals surface area contributed by atoms with E-state index in [1.807, 2.05) is 6.92 Å². The molecule has 1 fully saturated rings. The van der Waals surface area contributed by atoms with Gasteiger partial charge in [-0.25, -0.2) is 18.4 Å². The van der Waals surface area contributed by atoms with E-state index in [0.29, 0.717) is 38.2 Å². The predicted octanol–water partition coefficient (Wildman–Crippen LogP) is 3.57. The second kappa shape index (κ2) is 8.27. The van der Waals surface area contributed by atoms with Crippen molar-refractivity contribution < 1.29 is 26.3 Å². The summed E-state index contributed by atoms with van der Waals surface area (Å²) in [7, 11) is -3.41. The fourth-order valence-corrected chi connectivity index (χ4v) is 3.92. The largest absolute Gasteiger partial charge is 0.433 e. The van der Waals surface area contributed by atoms with Gasteiger partial charge in [0.05, 0.1) is 10.6 Å². The average Bonchev–Trinajstić information content (AvgIpc) is 2.68. The summed E-state index contributed by atoms with van der Waals surface area (Å²) in [4.78, 5) is 10.0. The van der Waals surface area contributed by atoms with Gasteiger partial charge in [-0.3, -0.25) is 0 Å². The predicted molar refractivity (Wildman–Crippen MR) is 102 cm³/mol. The van der Waals surface area contributed by atoms with Crippen molar-refractivity contribution in [1.82, 2.24) is 9.97 Å². The second-order valence-corrected chi connectivity index (χ2v) is 8.88. The van der Waals surface area contributed by atoms with Gasteiger partial charge in [0.1, 0.15) is 0 Å². The lowest BCUT2D eigenvalue weighted by molar-refractivity contribution is -0.141. The number of nitrogens with zero attached hydrogens (tertiary/aromatic N) is 3. The minimum atomic E-state index is -4.63. The highest BCUT2D eigenvalue weighted by molar-refractivity contribution is 7.90. The Hall–Kier alpha value is -2.20. The molecule has 158 valence electrons. The van der Waals surface area contributed by atoms with E-state index in [1.165, 1.54) is 24.3 Å². The molecule has 29 heavy (non-hydrogen) atoms. The van der Waals surface area contributed by atoms with Crippen molar-refractivity contribution in [1.29, 1.82) is 0 Å². The number of hydrogen-bond donors (Lipinski definition) is 0. The monoisotopic (exact) mass is 429 g/mol. The van der Waals surface area contributed by atoms with Crippen LogP contribution >= 0.6 is 0 Å². The van der Waals surface area contributed by atoms with Crippen molar-refractivity contribution in [3.63, 3.8) is 0 Å².